The van der Waals surface area contributed by atoms with Crippen LogP contribution >= 0.6 is 23.2 Å². The molecule has 1 aromatic heterocycles. The number of hydrogen-bond donors (Lipinski definition) is 0. The van der Waals surface area contributed by atoms with Gasteiger partial charge in [0.2, 0.25) is 5.95 Å². The number of rotatable bonds is 0. The number of hydrogen-bond acceptors (Lipinski definition) is 1. The Morgan fingerprint density at radius 2 is 1.77 bits per heavy atom. The SMILES string of the molecule is Fc1nc(Cl)c(C(F)(F)F)cc1Cl. The number of halogens is 6. The smallest absolute Gasteiger partial charge is 0.206 e. The largest absolute Gasteiger partial charge is 0.419 e. The van der Waals surface area contributed by atoms with E-state index in [0.717, 1.165) is 0 Å². The maximum atomic E-state index is 12.5. The zero-order valence-electron chi connectivity index (χ0n) is 5.79. The van der Waals surface area contributed by atoms with Crippen LogP contribution in [0.1, 0.15) is 5.56 Å². The van der Waals surface area contributed by atoms with Gasteiger partial charge in [0, 0.05) is 0 Å². The van der Waals surface area contributed by atoms with Gasteiger partial charge in [-0.2, -0.15) is 17.6 Å². The first kappa shape index (κ1) is 10.5. The minimum Gasteiger partial charge on any atom is -0.206 e. The summed E-state index contributed by atoms with van der Waals surface area (Å²) in [5, 5.41) is -1.66. The molecule has 0 fully saturated rings. The van der Waals surface area contributed by atoms with Crippen molar-refractivity contribution >= 4 is 23.2 Å². The van der Waals surface area contributed by atoms with Crippen molar-refractivity contribution in [1.29, 1.82) is 0 Å². The second-order valence-corrected chi connectivity index (χ2v) is 2.86. The van der Waals surface area contributed by atoms with Gasteiger partial charge in [-0.15, -0.1) is 0 Å². The topological polar surface area (TPSA) is 12.9 Å². The first-order valence-electron chi connectivity index (χ1n) is 2.91. The molecule has 0 amide bonds. The molecule has 0 aliphatic rings. The maximum absolute atomic E-state index is 12.5. The summed E-state index contributed by atoms with van der Waals surface area (Å²) in [6.07, 6.45) is -4.68. The molecular weight excluding hydrogens is 233 g/mol. The van der Waals surface area contributed by atoms with Gasteiger partial charge in [0.25, 0.3) is 0 Å². The van der Waals surface area contributed by atoms with Crippen LogP contribution in [0.5, 0.6) is 0 Å². The van der Waals surface area contributed by atoms with Gasteiger partial charge in [-0.3, -0.25) is 0 Å². The molecule has 0 aromatic carbocycles. The van der Waals surface area contributed by atoms with Gasteiger partial charge in [0.15, 0.2) is 0 Å². The predicted octanol–water partition coefficient (Wildman–Crippen LogP) is 3.55. The summed E-state index contributed by atoms with van der Waals surface area (Å²) >= 11 is 10.2. The molecule has 13 heavy (non-hydrogen) atoms. The van der Waals surface area contributed by atoms with Gasteiger partial charge in [-0.05, 0) is 6.07 Å². The van der Waals surface area contributed by atoms with Crippen molar-refractivity contribution in [3.05, 3.63) is 27.8 Å². The average Bonchev–Trinajstić information content (AvgIpc) is 1.94. The van der Waals surface area contributed by atoms with E-state index in [2.05, 4.69) is 4.98 Å². The van der Waals surface area contributed by atoms with E-state index in [4.69, 9.17) is 23.2 Å². The Balaban J connectivity index is 3.32. The van der Waals surface area contributed by atoms with Gasteiger partial charge < -0.3 is 0 Å². The highest BCUT2D eigenvalue weighted by Crippen LogP contribution is 2.35. The Morgan fingerprint density at radius 3 is 2.23 bits per heavy atom. The molecule has 1 heterocycles. The van der Waals surface area contributed by atoms with E-state index >= 15 is 0 Å². The minimum atomic E-state index is -4.68. The Kier molecular flexibility index (Phi) is 2.68. The van der Waals surface area contributed by atoms with Crippen LogP contribution in [0.25, 0.3) is 0 Å². The molecule has 0 atom stereocenters. The van der Waals surface area contributed by atoms with E-state index in [9.17, 15) is 17.6 Å². The summed E-state index contributed by atoms with van der Waals surface area (Å²) in [5.74, 6) is -1.22. The van der Waals surface area contributed by atoms with Crippen LogP contribution in [-0.2, 0) is 6.18 Å². The van der Waals surface area contributed by atoms with Crippen LogP contribution < -0.4 is 0 Å². The van der Waals surface area contributed by atoms with Crippen molar-refractivity contribution in [2.75, 3.05) is 0 Å². The lowest BCUT2D eigenvalue weighted by molar-refractivity contribution is -0.137. The zero-order valence-corrected chi connectivity index (χ0v) is 7.30. The minimum absolute atomic E-state index is 0.395. The molecule has 7 heteroatoms. The summed E-state index contributed by atoms with van der Waals surface area (Å²) in [5.41, 5.74) is -1.25. The molecule has 72 valence electrons. The molecule has 0 saturated heterocycles. The van der Waals surface area contributed by atoms with Gasteiger partial charge in [-0.1, -0.05) is 23.2 Å². The number of alkyl halides is 3. The van der Waals surface area contributed by atoms with E-state index in [0.29, 0.717) is 6.07 Å². The summed E-state index contributed by atoms with van der Waals surface area (Å²) < 4.78 is 48.6. The van der Waals surface area contributed by atoms with Crippen LogP contribution in [0.4, 0.5) is 17.6 Å². The van der Waals surface area contributed by atoms with Crippen LogP contribution in [-0.4, -0.2) is 4.98 Å². The third kappa shape index (κ3) is 2.22. The fraction of sp³-hybridized carbons (Fsp3) is 0.167. The fourth-order valence-corrected chi connectivity index (χ4v) is 1.03. The van der Waals surface area contributed by atoms with E-state index in [-0.39, 0.29) is 0 Å². The van der Waals surface area contributed by atoms with E-state index in [1.807, 2.05) is 0 Å². The first-order valence-corrected chi connectivity index (χ1v) is 3.66. The van der Waals surface area contributed by atoms with Gasteiger partial charge in [-0.25, -0.2) is 4.98 Å². The van der Waals surface area contributed by atoms with Crippen LogP contribution in [0.15, 0.2) is 6.07 Å². The molecule has 0 unspecified atom stereocenters. The van der Waals surface area contributed by atoms with Crippen molar-refractivity contribution in [2.45, 2.75) is 6.18 Å². The molecular formula is C6HCl2F4N. The summed E-state index contributed by atoms with van der Waals surface area (Å²) in [7, 11) is 0. The van der Waals surface area contributed by atoms with Crippen molar-refractivity contribution in [1.82, 2.24) is 4.98 Å². The van der Waals surface area contributed by atoms with Crippen LogP contribution in [0, 0.1) is 5.95 Å². The summed E-state index contributed by atoms with van der Waals surface area (Å²) in [6, 6.07) is 0.395. The highest BCUT2D eigenvalue weighted by atomic mass is 35.5. The standard InChI is InChI=1S/C6HCl2F4N/c7-3-1-2(6(10,11)12)4(8)13-5(3)9/h1H. The lowest BCUT2D eigenvalue weighted by atomic mass is 10.3. The molecule has 1 aromatic rings. The van der Waals surface area contributed by atoms with E-state index < -0.39 is 27.9 Å². The van der Waals surface area contributed by atoms with Gasteiger partial charge in [0.1, 0.15) is 5.15 Å². The van der Waals surface area contributed by atoms with Crippen molar-refractivity contribution < 1.29 is 17.6 Å². The lowest BCUT2D eigenvalue weighted by Crippen LogP contribution is -2.07. The lowest BCUT2D eigenvalue weighted by Gasteiger charge is -2.07. The Labute approximate surface area is 80.3 Å². The molecule has 0 aliphatic carbocycles. The maximum Gasteiger partial charge on any atom is 0.419 e. The van der Waals surface area contributed by atoms with Crippen molar-refractivity contribution in [3.63, 3.8) is 0 Å². The molecule has 0 saturated carbocycles. The predicted molar refractivity (Wildman–Crippen MR) is 39.2 cm³/mol. The summed E-state index contributed by atoms with van der Waals surface area (Å²) in [6.45, 7) is 0. The first-order chi connectivity index (χ1) is 5.82. The third-order valence-electron chi connectivity index (χ3n) is 1.19. The summed E-state index contributed by atoms with van der Waals surface area (Å²) in [4.78, 5) is 2.79. The average molecular weight is 234 g/mol. The molecule has 1 nitrogen and oxygen atoms in total. The highest BCUT2D eigenvalue weighted by molar-refractivity contribution is 6.32. The third-order valence-corrected chi connectivity index (χ3v) is 1.75. The Bertz CT molecular complexity index is 336. The second kappa shape index (κ2) is 3.31. The van der Waals surface area contributed by atoms with Crippen LogP contribution in [0.2, 0.25) is 10.2 Å². The van der Waals surface area contributed by atoms with Gasteiger partial charge in [0.05, 0.1) is 10.6 Å². The number of pyridine rings is 1. The van der Waals surface area contributed by atoms with E-state index in [1.54, 1.807) is 0 Å². The number of aromatic nitrogens is 1. The molecule has 0 aliphatic heterocycles. The Morgan fingerprint density at radius 1 is 1.23 bits per heavy atom. The van der Waals surface area contributed by atoms with Crippen LogP contribution in [0.3, 0.4) is 0 Å². The normalized spacial score (nSPS) is 11.8. The zero-order chi connectivity index (χ0) is 10.2. The highest BCUT2D eigenvalue weighted by Gasteiger charge is 2.34. The molecule has 0 bridgehead atoms. The second-order valence-electron chi connectivity index (χ2n) is 2.10. The van der Waals surface area contributed by atoms with Crippen molar-refractivity contribution in [2.24, 2.45) is 0 Å². The molecule has 0 spiro atoms. The van der Waals surface area contributed by atoms with Gasteiger partial charge >= 0.3 is 6.18 Å². The fourth-order valence-electron chi connectivity index (χ4n) is 0.644. The number of nitrogens with zero attached hydrogens (tertiary/aromatic N) is 1. The quantitative estimate of drug-likeness (QED) is 0.494. The Hall–Kier alpha value is -0.550. The monoisotopic (exact) mass is 233 g/mol. The molecule has 0 N–H and O–H groups in total. The van der Waals surface area contributed by atoms with Crippen molar-refractivity contribution in [3.8, 4) is 0 Å². The molecule has 1 rings (SSSR count). The molecule has 0 radical (unpaired) electrons. The van der Waals surface area contributed by atoms with E-state index in [1.165, 1.54) is 0 Å².